The lowest BCUT2D eigenvalue weighted by Crippen LogP contribution is -2.27. The molecule has 0 bridgehead atoms. The summed E-state index contributed by atoms with van der Waals surface area (Å²) in [6.45, 7) is 4.79. The minimum absolute atomic E-state index is 0.217. The maximum Gasteiger partial charge on any atom is 0.417 e. The number of nitrogens with one attached hydrogen (secondary N) is 1. The van der Waals surface area contributed by atoms with Gasteiger partial charge in [0.15, 0.2) is 0 Å². The van der Waals surface area contributed by atoms with Crippen LogP contribution in [-0.2, 0) is 12.6 Å². The monoisotopic (exact) mass is 232 g/mol. The van der Waals surface area contributed by atoms with E-state index >= 15 is 0 Å². The molecule has 0 aliphatic heterocycles. The predicted octanol–water partition coefficient (Wildman–Crippen LogP) is 2.64. The number of pyridine rings is 1. The molecule has 0 saturated carbocycles. The van der Waals surface area contributed by atoms with Gasteiger partial charge in [-0.15, -0.1) is 0 Å². The number of nitrogens with zero attached hydrogens (tertiary/aromatic N) is 1. The van der Waals surface area contributed by atoms with E-state index in [1.54, 1.807) is 0 Å². The Labute approximate surface area is 92.9 Å². The number of alkyl halides is 3. The van der Waals surface area contributed by atoms with Gasteiger partial charge >= 0.3 is 6.18 Å². The summed E-state index contributed by atoms with van der Waals surface area (Å²) in [5.74, 6) is 0. The molecule has 1 aromatic heterocycles. The third-order valence-electron chi connectivity index (χ3n) is 2.22. The van der Waals surface area contributed by atoms with Crippen LogP contribution in [0.15, 0.2) is 18.3 Å². The van der Waals surface area contributed by atoms with Crippen molar-refractivity contribution in [3.8, 4) is 0 Å². The van der Waals surface area contributed by atoms with E-state index in [1.807, 2.05) is 13.8 Å². The molecule has 0 saturated heterocycles. The maximum absolute atomic E-state index is 12.3. The Morgan fingerprint density at radius 3 is 2.50 bits per heavy atom. The molecule has 0 aliphatic carbocycles. The highest BCUT2D eigenvalue weighted by Crippen LogP contribution is 2.28. The molecule has 5 heteroatoms. The highest BCUT2D eigenvalue weighted by molar-refractivity contribution is 5.17. The standard InChI is InChI=1S/C11H15F3N2/c1-3-15-8(2)6-10-5-4-9(7-16-10)11(12,13)14/h4-5,7-8,15H,3,6H2,1-2H3. The fourth-order valence-corrected chi connectivity index (χ4v) is 1.45. The molecule has 1 heterocycles. The molecular weight excluding hydrogens is 217 g/mol. The quantitative estimate of drug-likeness (QED) is 0.863. The predicted molar refractivity (Wildman–Crippen MR) is 56.1 cm³/mol. The summed E-state index contributed by atoms with van der Waals surface area (Å²) in [5, 5.41) is 3.18. The average Bonchev–Trinajstić information content (AvgIpc) is 2.17. The van der Waals surface area contributed by atoms with E-state index in [-0.39, 0.29) is 6.04 Å². The molecule has 1 unspecified atom stereocenters. The average molecular weight is 232 g/mol. The van der Waals surface area contributed by atoms with Gasteiger partial charge in [0.1, 0.15) is 0 Å². The van der Waals surface area contributed by atoms with Crippen LogP contribution in [0.25, 0.3) is 0 Å². The smallest absolute Gasteiger partial charge is 0.314 e. The fourth-order valence-electron chi connectivity index (χ4n) is 1.45. The van der Waals surface area contributed by atoms with Gasteiger partial charge in [0.25, 0.3) is 0 Å². The molecule has 1 atom stereocenters. The van der Waals surface area contributed by atoms with Gasteiger partial charge in [0.2, 0.25) is 0 Å². The van der Waals surface area contributed by atoms with Crippen molar-refractivity contribution < 1.29 is 13.2 Å². The third kappa shape index (κ3) is 3.81. The van der Waals surface area contributed by atoms with Gasteiger partial charge in [-0.05, 0) is 25.6 Å². The highest BCUT2D eigenvalue weighted by Gasteiger charge is 2.30. The zero-order valence-corrected chi connectivity index (χ0v) is 9.30. The lowest BCUT2D eigenvalue weighted by Gasteiger charge is -2.12. The topological polar surface area (TPSA) is 24.9 Å². The van der Waals surface area contributed by atoms with Crippen molar-refractivity contribution in [3.05, 3.63) is 29.6 Å². The summed E-state index contributed by atoms with van der Waals surface area (Å²) < 4.78 is 36.8. The summed E-state index contributed by atoms with van der Waals surface area (Å²) in [4.78, 5) is 3.81. The van der Waals surface area contributed by atoms with Gasteiger partial charge in [-0.1, -0.05) is 6.92 Å². The Morgan fingerprint density at radius 2 is 2.06 bits per heavy atom. The Morgan fingerprint density at radius 1 is 1.38 bits per heavy atom. The van der Waals surface area contributed by atoms with Crippen LogP contribution in [0.3, 0.4) is 0 Å². The second-order valence-electron chi connectivity index (χ2n) is 3.70. The zero-order chi connectivity index (χ0) is 12.2. The summed E-state index contributed by atoms with van der Waals surface area (Å²) >= 11 is 0. The molecule has 0 fully saturated rings. The lowest BCUT2D eigenvalue weighted by atomic mass is 10.1. The molecule has 16 heavy (non-hydrogen) atoms. The zero-order valence-electron chi connectivity index (χ0n) is 9.30. The van der Waals surface area contributed by atoms with Gasteiger partial charge in [0.05, 0.1) is 5.56 Å². The second kappa shape index (κ2) is 5.30. The van der Waals surface area contributed by atoms with Crippen LogP contribution < -0.4 is 5.32 Å². The van der Waals surface area contributed by atoms with Crippen molar-refractivity contribution >= 4 is 0 Å². The van der Waals surface area contributed by atoms with Crippen LogP contribution in [-0.4, -0.2) is 17.6 Å². The summed E-state index contributed by atoms with van der Waals surface area (Å²) in [6, 6.07) is 2.71. The highest BCUT2D eigenvalue weighted by atomic mass is 19.4. The summed E-state index contributed by atoms with van der Waals surface area (Å²) in [7, 11) is 0. The van der Waals surface area contributed by atoms with E-state index in [9.17, 15) is 13.2 Å². The number of halogens is 3. The molecule has 1 N–H and O–H groups in total. The normalized spacial score (nSPS) is 13.8. The molecule has 0 aliphatic rings. The Hall–Kier alpha value is -1.10. The number of aromatic nitrogens is 1. The van der Waals surface area contributed by atoms with Gasteiger partial charge in [-0.3, -0.25) is 4.98 Å². The number of hydrogen-bond acceptors (Lipinski definition) is 2. The van der Waals surface area contributed by atoms with Crippen molar-refractivity contribution in [2.75, 3.05) is 6.54 Å². The number of rotatable bonds is 4. The van der Waals surface area contributed by atoms with Crippen molar-refractivity contribution in [1.82, 2.24) is 10.3 Å². The molecule has 90 valence electrons. The van der Waals surface area contributed by atoms with Gasteiger partial charge in [-0.25, -0.2) is 0 Å². The summed E-state index contributed by atoms with van der Waals surface area (Å²) in [5.41, 5.74) is -0.0335. The van der Waals surface area contributed by atoms with E-state index in [0.717, 1.165) is 18.8 Å². The van der Waals surface area contributed by atoms with Crippen molar-refractivity contribution in [1.29, 1.82) is 0 Å². The summed E-state index contributed by atoms with van der Waals surface area (Å²) in [6.07, 6.45) is -2.79. The van der Waals surface area contributed by atoms with Gasteiger partial charge in [0, 0.05) is 24.4 Å². The second-order valence-corrected chi connectivity index (χ2v) is 3.70. The molecule has 0 spiro atoms. The van der Waals surface area contributed by atoms with E-state index in [2.05, 4.69) is 10.3 Å². The molecule has 1 rings (SSSR count). The first-order chi connectivity index (χ1) is 7.43. The lowest BCUT2D eigenvalue weighted by molar-refractivity contribution is -0.137. The van der Waals surface area contributed by atoms with Crippen molar-refractivity contribution in [3.63, 3.8) is 0 Å². The van der Waals surface area contributed by atoms with Crippen LogP contribution in [0.4, 0.5) is 13.2 Å². The first kappa shape index (κ1) is 13.0. The van der Waals surface area contributed by atoms with Crippen LogP contribution in [0.1, 0.15) is 25.1 Å². The SMILES string of the molecule is CCNC(C)Cc1ccc(C(F)(F)F)cn1. The van der Waals surface area contributed by atoms with Gasteiger partial charge < -0.3 is 5.32 Å². The molecule has 0 radical (unpaired) electrons. The van der Waals surface area contributed by atoms with Crippen LogP contribution in [0.5, 0.6) is 0 Å². The molecule has 0 aromatic carbocycles. The van der Waals surface area contributed by atoms with E-state index in [4.69, 9.17) is 0 Å². The van der Waals surface area contributed by atoms with E-state index in [0.29, 0.717) is 12.1 Å². The molecule has 2 nitrogen and oxygen atoms in total. The van der Waals surface area contributed by atoms with Crippen LogP contribution >= 0.6 is 0 Å². The molecule has 1 aromatic rings. The fraction of sp³-hybridized carbons (Fsp3) is 0.545. The molecule has 0 amide bonds. The number of likely N-dealkylation sites (N-methyl/N-ethyl adjacent to an activating group) is 1. The first-order valence-electron chi connectivity index (χ1n) is 5.19. The number of hydrogen-bond donors (Lipinski definition) is 1. The Balaban J connectivity index is 2.65. The minimum Gasteiger partial charge on any atom is -0.314 e. The largest absolute Gasteiger partial charge is 0.417 e. The van der Waals surface area contributed by atoms with Crippen molar-refractivity contribution in [2.24, 2.45) is 0 Å². The molecular formula is C11H15F3N2. The van der Waals surface area contributed by atoms with E-state index in [1.165, 1.54) is 6.07 Å². The first-order valence-corrected chi connectivity index (χ1v) is 5.19. The van der Waals surface area contributed by atoms with Gasteiger partial charge in [-0.2, -0.15) is 13.2 Å². The Bertz CT molecular complexity index is 319. The third-order valence-corrected chi connectivity index (χ3v) is 2.22. The van der Waals surface area contributed by atoms with E-state index < -0.39 is 11.7 Å². The Kier molecular flexibility index (Phi) is 4.29. The van der Waals surface area contributed by atoms with Crippen LogP contribution in [0, 0.1) is 0 Å². The van der Waals surface area contributed by atoms with Crippen molar-refractivity contribution in [2.45, 2.75) is 32.5 Å². The minimum atomic E-state index is -4.31. The maximum atomic E-state index is 12.3. The van der Waals surface area contributed by atoms with Crippen LogP contribution in [0.2, 0.25) is 0 Å².